The Morgan fingerprint density at radius 2 is 2.10 bits per heavy atom. The number of hydroxylamine groups is 1. The van der Waals surface area contributed by atoms with Crippen LogP contribution < -0.4 is 5.48 Å². The van der Waals surface area contributed by atoms with Gasteiger partial charge in [0.15, 0.2) is 0 Å². The molecule has 1 amide bonds. The molecule has 10 heavy (non-hydrogen) atoms. The second kappa shape index (κ2) is 4.75. The molecule has 0 aliphatic carbocycles. The standard InChI is InChI=1S/C5H9NO4/c1-3-10-5(8)4(7)6-9-2/h3H2,1-2H3,(H,6,7). The first kappa shape index (κ1) is 8.90. The Bertz CT molecular complexity index is 118. The van der Waals surface area contributed by atoms with Crippen molar-refractivity contribution in [2.45, 2.75) is 6.92 Å². The first-order chi connectivity index (χ1) is 4.72. The smallest absolute Gasteiger partial charge is 0.399 e. The molecule has 5 nitrogen and oxygen atoms in total. The molecule has 0 aliphatic heterocycles. The Morgan fingerprint density at radius 3 is 2.50 bits per heavy atom. The Morgan fingerprint density at radius 1 is 1.50 bits per heavy atom. The van der Waals surface area contributed by atoms with E-state index >= 15 is 0 Å². The summed E-state index contributed by atoms with van der Waals surface area (Å²) in [6, 6.07) is 0. The maximum atomic E-state index is 10.4. The van der Waals surface area contributed by atoms with Gasteiger partial charge in [-0.05, 0) is 6.92 Å². The molecular formula is C5H9NO4. The molecule has 0 bridgehead atoms. The molecule has 0 spiro atoms. The molecule has 0 aromatic heterocycles. The van der Waals surface area contributed by atoms with Gasteiger partial charge < -0.3 is 4.74 Å². The molecule has 0 radical (unpaired) electrons. The van der Waals surface area contributed by atoms with Crippen molar-refractivity contribution in [3.63, 3.8) is 0 Å². The van der Waals surface area contributed by atoms with Crippen LogP contribution in [0.5, 0.6) is 0 Å². The fourth-order valence-corrected chi connectivity index (χ4v) is 0.331. The highest BCUT2D eigenvalue weighted by Crippen LogP contribution is 1.76. The zero-order valence-electron chi connectivity index (χ0n) is 5.84. The second-order valence-corrected chi connectivity index (χ2v) is 1.36. The summed E-state index contributed by atoms with van der Waals surface area (Å²) < 4.78 is 4.33. The van der Waals surface area contributed by atoms with Gasteiger partial charge in [0.25, 0.3) is 0 Å². The predicted molar refractivity (Wildman–Crippen MR) is 31.8 cm³/mol. The number of esters is 1. The summed E-state index contributed by atoms with van der Waals surface area (Å²) in [4.78, 5) is 25.0. The van der Waals surface area contributed by atoms with Crippen LogP contribution in [0, 0.1) is 0 Å². The summed E-state index contributed by atoms with van der Waals surface area (Å²) in [6.07, 6.45) is 0. The van der Waals surface area contributed by atoms with Gasteiger partial charge in [0.2, 0.25) is 0 Å². The number of ether oxygens (including phenoxy) is 1. The van der Waals surface area contributed by atoms with Crippen LogP contribution in [-0.4, -0.2) is 25.6 Å². The van der Waals surface area contributed by atoms with Gasteiger partial charge in [-0.1, -0.05) is 0 Å². The van der Waals surface area contributed by atoms with E-state index in [1.807, 2.05) is 5.48 Å². The number of nitrogens with one attached hydrogen (secondary N) is 1. The van der Waals surface area contributed by atoms with Crippen LogP contribution in [-0.2, 0) is 19.2 Å². The molecule has 58 valence electrons. The van der Waals surface area contributed by atoms with E-state index in [0.717, 1.165) is 0 Å². The van der Waals surface area contributed by atoms with Gasteiger partial charge in [-0.25, -0.2) is 10.3 Å². The average molecular weight is 147 g/mol. The van der Waals surface area contributed by atoms with Crippen LogP contribution >= 0.6 is 0 Å². The molecule has 1 N–H and O–H groups in total. The minimum Gasteiger partial charge on any atom is -0.459 e. The highest BCUT2D eigenvalue weighted by molar-refractivity contribution is 6.32. The summed E-state index contributed by atoms with van der Waals surface area (Å²) in [5.41, 5.74) is 1.82. The van der Waals surface area contributed by atoms with Crippen LogP contribution in [0.2, 0.25) is 0 Å². The SMILES string of the molecule is CCOC(=O)C(=O)NOC. The van der Waals surface area contributed by atoms with Gasteiger partial charge in [-0.2, -0.15) is 0 Å². The zero-order valence-corrected chi connectivity index (χ0v) is 5.84. The average Bonchev–Trinajstić information content (AvgIpc) is 1.89. The molecule has 0 saturated carbocycles. The first-order valence-electron chi connectivity index (χ1n) is 2.72. The highest BCUT2D eigenvalue weighted by atomic mass is 16.6. The van der Waals surface area contributed by atoms with Gasteiger partial charge >= 0.3 is 11.9 Å². The fourth-order valence-electron chi connectivity index (χ4n) is 0.331. The summed E-state index contributed by atoms with van der Waals surface area (Å²) in [6.45, 7) is 1.79. The van der Waals surface area contributed by atoms with Crippen molar-refractivity contribution in [1.82, 2.24) is 5.48 Å². The minimum absolute atomic E-state index is 0.177. The van der Waals surface area contributed by atoms with Gasteiger partial charge in [0.05, 0.1) is 13.7 Å². The molecule has 0 rings (SSSR count). The summed E-state index contributed by atoms with van der Waals surface area (Å²) in [5.74, 6) is -1.84. The molecule has 0 aromatic carbocycles. The van der Waals surface area contributed by atoms with Crippen molar-refractivity contribution in [2.24, 2.45) is 0 Å². The minimum atomic E-state index is -0.940. The Balaban J connectivity index is 3.60. The van der Waals surface area contributed by atoms with Crippen molar-refractivity contribution in [3.8, 4) is 0 Å². The van der Waals surface area contributed by atoms with Crippen LogP contribution in [0.15, 0.2) is 0 Å². The summed E-state index contributed by atoms with van der Waals surface area (Å²) in [7, 11) is 1.23. The monoisotopic (exact) mass is 147 g/mol. The third-order valence-electron chi connectivity index (χ3n) is 0.656. The van der Waals surface area contributed by atoms with E-state index in [-0.39, 0.29) is 6.61 Å². The Labute approximate surface area is 58.3 Å². The van der Waals surface area contributed by atoms with E-state index in [9.17, 15) is 9.59 Å². The van der Waals surface area contributed by atoms with E-state index in [4.69, 9.17) is 0 Å². The third-order valence-corrected chi connectivity index (χ3v) is 0.656. The summed E-state index contributed by atoms with van der Waals surface area (Å²) in [5, 5.41) is 0. The molecular weight excluding hydrogens is 138 g/mol. The van der Waals surface area contributed by atoms with Crippen LogP contribution in [0.1, 0.15) is 6.92 Å². The lowest BCUT2D eigenvalue weighted by Gasteiger charge is -1.99. The van der Waals surface area contributed by atoms with E-state index in [1.54, 1.807) is 6.92 Å². The lowest BCUT2D eigenvalue weighted by atomic mass is 10.6. The first-order valence-corrected chi connectivity index (χ1v) is 2.72. The van der Waals surface area contributed by atoms with E-state index in [2.05, 4.69) is 9.57 Å². The fraction of sp³-hybridized carbons (Fsp3) is 0.600. The Kier molecular flexibility index (Phi) is 4.23. The molecule has 5 heteroatoms. The van der Waals surface area contributed by atoms with Crippen molar-refractivity contribution >= 4 is 11.9 Å². The molecule has 0 atom stereocenters. The molecule has 0 aromatic rings. The molecule has 0 saturated heterocycles. The number of rotatable bonds is 2. The molecule has 0 fully saturated rings. The van der Waals surface area contributed by atoms with Crippen LogP contribution in [0.4, 0.5) is 0 Å². The number of carbonyl (C=O) groups is 2. The molecule has 0 heterocycles. The van der Waals surface area contributed by atoms with E-state index < -0.39 is 11.9 Å². The van der Waals surface area contributed by atoms with Gasteiger partial charge in [-0.3, -0.25) is 9.63 Å². The third kappa shape index (κ3) is 3.03. The largest absolute Gasteiger partial charge is 0.459 e. The van der Waals surface area contributed by atoms with Crippen LogP contribution in [0.25, 0.3) is 0 Å². The number of hydrogen-bond donors (Lipinski definition) is 1. The van der Waals surface area contributed by atoms with Crippen molar-refractivity contribution < 1.29 is 19.2 Å². The number of amides is 1. The van der Waals surface area contributed by atoms with Crippen molar-refractivity contribution in [1.29, 1.82) is 0 Å². The highest BCUT2D eigenvalue weighted by Gasteiger charge is 2.12. The lowest BCUT2D eigenvalue weighted by Crippen LogP contribution is -2.31. The maximum absolute atomic E-state index is 10.4. The molecule has 0 aliphatic rings. The van der Waals surface area contributed by atoms with Gasteiger partial charge in [0.1, 0.15) is 0 Å². The van der Waals surface area contributed by atoms with E-state index in [0.29, 0.717) is 0 Å². The molecule has 0 unspecified atom stereocenters. The van der Waals surface area contributed by atoms with Gasteiger partial charge in [-0.15, -0.1) is 0 Å². The van der Waals surface area contributed by atoms with Crippen molar-refractivity contribution in [3.05, 3.63) is 0 Å². The Hall–Kier alpha value is -1.10. The normalized spacial score (nSPS) is 8.60. The van der Waals surface area contributed by atoms with Gasteiger partial charge in [0, 0.05) is 0 Å². The number of hydrogen-bond acceptors (Lipinski definition) is 4. The lowest BCUT2D eigenvalue weighted by molar-refractivity contribution is -0.159. The van der Waals surface area contributed by atoms with E-state index in [1.165, 1.54) is 7.11 Å². The van der Waals surface area contributed by atoms with Crippen LogP contribution in [0.3, 0.4) is 0 Å². The van der Waals surface area contributed by atoms with Crippen molar-refractivity contribution in [2.75, 3.05) is 13.7 Å². The zero-order chi connectivity index (χ0) is 7.98. The maximum Gasteiger partial charge on any atom is 0.399 e. The topological polar surface area (TPSA) is 64.6 Å². The summed E-state index contributed by atoms with van der Waals surface area (Å²) >= 11 is 0. The predicted octanol–water partition coefficient (Wildman–Crippen LogP) is -0.773. The quantitative estimate of drug-likeness (QED) is 0.316. The second-order valence-electron chi connectivity index (χ2n) is 1.36. The number of carbonyl (C=O) groups excluding carboxylic acids is 2.